The summed E-state index contributed by atoms with van der Waals surface area (Å²) in [5.74, 6) is 0.358. The Kier molecular flexibility index (Phi) is 6.46. The minimum Gasteiger partial charge on any atom is -0.489 e. The van der Waals surface area contributed by atoms with E-state index >= 15 is 0 Å². The lowest BCUT2D eigenvalue weighted by Crippen LogP contribution is -2.03. The molecule has 1 N–H and O–H groups in total. The topological polar surface area (TPSA) is 46.5 Å². The van der Waals surface area contributed by atoms with Crippen molar-refractivity contribution >= 4 is 34.7 Å². The van der Waals surface area contributed by atoms with Crippen LogP contribution in [-0.2, 0) is 11.2 Å². The second-order valence-electron chi connectivity index (χ2n) is 6.90. The number of carboxylic acid groups (broad SMARTS) is 1. The fourth-order valence-electron chi connectivity index (χ4n) is 3.52. The Bertz CT molecular complexity index is 856. The van der Waals surface area contributed by atoms with E-state index in [0.717, 1.165) is 23.4 Å². The molecule has 3 rings (SSSR count). The van der Waals surface area contributed by atoms with Crippen LogP contribution in [0.2, 0.25) is 10.0 Å². The van der Waals surface area contributed by atoms with E-state index in [1.54, 1.807) is 6.07 Å². The van der Waals surface area contributed by atoms with E-state index in [1.807, 2.05) is 24.3 Å². The van der Waals surface area contributed by atoms with Gasteiger partial charge in [0.15, 0.2) is 0 Å². The molecule has 0 saturated carbocycles. The molecule has 0 aliphatic heterocycles. The SMILES string of the molecule is CC1CCC(COc2ccc(CCC(=O)O)c(Cl)c2)=C1c1ccc(Cl)cc1. The molecule has 27 heavy (non-hydrogen) atoms. The summed E-state index contributed by atoms with van der Waals surface area (Å²) in [6.07, 6.45) is 2.61. The zero-order valence-corrected chi connectivity index (χ0v) is 16.7. The molecule has 2 aromatic carbocycles. The van der Waals surface area contributed by atoms with Gasteiger partial charge in [-0.15, -0.1) is 0 Å². The molecule has 1 unspecified atom stereocenters. The van der Waals surface area contributed by atoms with E-state index in [0.29, 0.717) is 29.7 Å². The molecule has 1 aliphatic carbocycles. The van der Waals surface area contributed by atoms with Crippen LogP contribution in [0, 0.1) is 5.92 Å². The average Bonchev–Trinajstić information content (AvgIpc) is 3.00. The third-order valence-electron chi connectivity index (χ3n) is 4.95. The minimum absolute atomic E-state index is 0.0646. The number of hydrogen-bond acceptors (Lipinski definition) is 2. The highest BCUT2D eigenvalue weighted by molar-refractivity contribution is 6.31. The second-order valence-corrected chi connectivity index (χ2v) is 7.74. The van der Waals surface area contributed by atoms with Crippen molar-refractivity contribution in [2.24, 2.45) is 5.92 Å². The van der Waals surface area contributed by atoms with Crippen molar-refractivity contribution in [3.63, 3.8) is 0 Å². The molecule has 0 bridgehead atoms. The van der Waals surface area contributed by atoms with Crippen LogP contribution in [0.25, 0.3) is 5.57 Å². The first-order valence-corrected chi connectivity index (χ1v) is 9.80. The van der Waals surface area contributed by atoms with Gasteiger partial charge in [0.2, 0.25) is 0 Å². The first kappa shape index (κ1) is 19.8. The summed E-state index contributed by atoms with van der Waals surface area (Å²) in [6, 6.07) is 13.4. The van der Waals surface area contributed by atoms with Crippen LogP contribution in [0.4, 0.5) is 0 Å². The van der Waals surface area contributed by atoms with Crippen LogP contribution in [0.3, 0.4) is 0 Å². The quantitative estimate of drug-likeness (QED) is 0.590. The van der Waals surface area contributed by atoms with E-state index < -0.39 is 5.97 Å². The molecule has 2 aromatic rings. The summed E-state index contributed by atoms with van der Waals surface area (Å²) in [5, 5.41) is 10.1. The molecule has 0 spiro atoms. The first-order chi connectivity index (χ1) is 12.9. The van der Waals surface area contributed by atoms with Gasteiger partial charge in [0.1, 0.15) is 12.4 Å². The van der Waals surface area contributed by atoms with E-state index in [-0.39, 0.29) is 6.42 Å². The summed E-state index contributed by atoms with van der Waals surface area (Å²) in [6.45, 7) is 2.76. The molecule has 142 valence electrons. The Morgan fingerprint density at radius 3 is 2.59 bits per heavy atom. The highest BCUT2D eigenvalue weighted by Gasteiger charge is 2.23. The summed E-state index contributed by atoms with van der Waals surface area (Å²) < 4.78 is 5.99. The summed E-state index contributed by atoms with van der Waals surface area (Å²) in [4.78, 5) is 10.7. The number of halogens is 2. The third kappa shape index (κ3) is 5.06. The van der Waals surface area contributed by atoms with E-state index in [4.69, 9.17) is 33.0 Å². The number of ether oxygens (including phenoxy) is 1. The average molecular weight is 405 g/mol. The number of rotatable bonds is 7. The maximum absolute atomic E-state index is 10.7. The van der Waals surface area contributed by atoms with Gasteiger partial charge in [0.25, 0.3) is 0 Å². The lowest BCUT2D eigenvalue weighted by Gasteiger charge is -2.14. The van der Waals surface area contributed by atoms with Gasteiger partial charge in [-0.1, -0.05) is 48.3 Å². The van der Waals surface area contributed by atoms with Crippen molar-refractivity contribution in [1.29, 1.82) is 0 Å². The highest BCUT2D eigenvalue weighted by atomic mass is 35.5. The van der Waals surface area contributed by atoms with Crippen molar-refractivity contribution in [2.75, 3.05) is 6.61 Å². The lowest BCUT2D eigenvalue weighted by molar-refractivity contribution is -0.136. The smallest absolute Gasteiger partial charge is 0.303 e. The maximum atomic E-state index is 10.7. The van der Waals surface area contributed by atoms with Crippen molar-refractivity contribution < 1.29 is 14.6 Å². The number of hydrogen-bond donors (Lipinski definition) is 1. The van der Waals surface area contributed by atoms with Crippen LogP contribution in [0.15, 0.2) is 48.0 Å². The van der Waals surface area contributed by atoms with Gasteiger partial charge in [-0.2, -0.15) is 0 Å². The van der Waals surface area contributed by atoms with Crippen LogP contribution in [0.1, 0.15) is 37.3 Å². The summed E-state index contributed by atoms with van der Waals surface area (Å²) >= 11 is 12.3. The van der Waals surface area contributed by atoms with Gasteiger partial charge in [0.05, 0.1) is 0 Å². The van der Waals surface area contributed by atoms with Gasteiger partial charge in [0, 0.05) is 16.5 Å². The van der Waals surface area contributed by atoms with Crippen molar-refractivity contribution in [1.82, 2.24) is 0 Å². The molecular formula is C22H22Cl2O3. The fraction of sp³-hybridized carbons (Fsp3) is 0.318. The number of aliphatic carboxylic acids is 1. The Labute approximate surface area is 169 Å². The van der Waals surface area contributed by atoms with Gasteiger partial charge in [-0.3, -0.25) is 4.79 Å². The lowest BCUT2D eigenvalue weighted by atomic mass is 9.95. The standard InChI is InChI=1S/C22H22Cl2O3/c1-14-2-3-17(22(14)16-4-8-18(23)9-5-16)13-27-19-10-6-15(20(24)12-19)7-11-21(25)26/h4-6,8-10,12,14H,2-3,7,11,13H2,1H3,(H,25,26). The Hall–Kier alpha value is -1.97. The molecule has 0 fully saturated rings. The molecule has 0 radical (unpaired) electrons. The molecular weight excluding hydrogens is 383 g/mol. The molecule has 0 saturated heterocycles. The van der Waals surface area contributed by atoms with E-state index in [1.165, 1.54) is 16.7 Å². The minimum atomic E-state index is -0.830. The van der Waals surface area contributed by atoms with Crippen LogP contribution in [-0.4, -0.2) is 17.7 Å². The third-order valence-corrected chi connectivity index (χ3v) is 5.56. The largest absolute Gasteiger partial charge is 0.489 e. The Morgan fingerprint density at radius 1 is 1.19 bits per heavy atom. The molecule has 3 nitrogen and oxygen atoms in total. The normalized spacial score (nSPS) is 16.6. The molecule has 1 atom stereocenters. The van der Waals surface area contributed by atoms with Gasteiger partial charge < -0.3 is 9.84 Å². The molecule has 0 aromatic heterocycles. The first-order valence-electron chi connectivity index (χ1n) is 9.05. The summed E-state index contributed by atoms with van der Waals surface area (Å²) in [5.41, 5.74) is 4.67. The van der Waals surface area contributed by atoms with Gasteiger partial charge >= 0.3 is 5.97 Å². The van der Waals surface area contributed by atoms with Gasteiger partial charge in [-0.25, -0.2) is 0 Å². The maximum Gasteiger partial charge on any atom is 0.303 e. The number of carboxylic acids is 1. The molecule has 1 aliphatic rings. The number of carbonyl (C=O) groups is 1. The zero-order valence-electron chi connectivity index (χ0n) is 15.2. The number of benzene rings is 2. The Morgan fingerprint density at radius 2 is 1.93 bits per heavy atom. The van der Waals surface area contributed by atoms with Crippen LogP contribution >= 0.6 is 23.2 Å². The zero-order chi connectivity index (χ0) is 19.4. The van der Waals surface area contributed by atoms with Crippen molar-refractivity contribution in [2.45, 2.75) is 32.6 Å². The van der Waals surface area contributed by atoms with Crippen molar-refractivity contribution in [3.05, 3.63) is 69.2 Å². The molecule has 0 heterocycles. The molecule has 5 heteroatoms. The molecule has 0 amide bonds. The van der Waals surface area contributed by atoms with Gasteiger partial charge in [-0.05, 0) is 71.7 Å². The van der Waals surface area contributed by atoms with Crippen molar-refractivity contribution in [3.8, 4) is 5.75 Å². The van der Waals surface area contributed by atoms with Crippen LogP contribution in [0.5, 0.6) is 5.75 Å². The summed E-state index contributed by atoms with van der Waals surface area (Å²) in [7, 11) is 0. The second kappa shape index (κ2) is 8.81. The number of aryl methyl sites for hydroxylation is 1. The fourth-order valence-corrected chi connectivity index (χ4v) is 3.91. The Balaban J connectivity index is 1.72. The monoisotopic (exact) mass is 404 g/mol. The highest BCUT2D eigenvalue weighted by Crippen LogP contribution is 2.39. The number of allylic oxidation sites excluding steroid dienone is 1. The van der Waals surface area contributed by atoms with Crippen LogP contribution < -0.4 is 4.74 Å². The van der Waals surface area contributed by atoms with E-state index in [2.05, 4.69) is 19.1 Å². The van der Waals surface area contributed by atoms with E-state index in [9.17, 15) is 4.79 Å². The predicted octanol–water partition coefficient (Wildman–Crippen LogP) is 6.27. The predicted molar refractivity (Wildman–Crippen MR) is 110 cm³/mol.